The summed E-state index contributed by atoms with van der Waals surface area (Å²) in [7, 11) is 1.69. The van der Waals surface area contributed by atoms with Crippen LogP contribution in [0.1, 0.15) is 33.1 Å². The summed E-state index contributed by atoms with van der Waals surface area (Å²) < 4.78 is 5.53. The van der Waals surface area contributed by atoms with E-state index in [1.807, 2.05) is 13.8 Å². The van der Waals surface area contributed by atoms with Crippen molar-refractivity contribution in [3.8, 4) is 0 Å². The smallest absolute Gasteiger partial charge is 0.245 e. The van der Waals surface area contributed by atoms with Gasteiger partial charge in [0.25, 0.3) is 0 Å². The monoisotopic (exact) mass is 254 g/mol. The summed E-state index contributed by atoms with van der Waals surface area (Å²) in [6, 6.07) is -0.389. The third-order valence-corrected chi connectivity index (χ3v) is 4.07. The van der Waals surface area contributed by atoms with Crippen molar-refractivity contribution in [2.24, 2.45) is 5.92 Å². The molecule has 1 saturated heterocycles. The third-order valence-electron chi connectivity index (χ3n) is 4.07. The molecule has 1 unspecified atom stereocenters. The van der Waals surface area contributed by atoms with Crippen molar-refractivity contribution >= 4 is 11.8 Å². The number of carbonyl (C=O) groups is 2. The summed E-state index contributed by atoms with van der Waals surface area (Å²) in [5, 5.41) is 2.76. The molecule has 102 valence electrons. The maximum atomic E-state index is 12.3. The molecule has 18 heavy (non-hydrogen) atoms. The normalized spacial score (nSPS) is 27.1. The molecule has 1 aliphatic carbocycles. The van der Waals surface area contributed by atoms with Crippen molar-refractivity contribution in [1.29, 1.82) is 0 Å². The molecule has 1 N–H and O–H groups in total. The number of piperazine rings is 1. The van der Waals surface area contributed by atoms with Gasteiger partial charge in [-0.05, 0) is 25.2 Å². The fraction of sp³-hybridized carbons (Fsp3) is 0.846. The van der Waals surface area contributed by atoms with E-state index >= 15 is 0 Å². The first-order chi connectivity index (χ1) is 8.47. The van der Waals surface area contributed by atoms with E-state index in [-0.39, 0.29) is 35.9 Å². The number of methoxy groups -OCH3 is 1. The van der Waals surface area contributed by atoms with Crippen molar-refractivity contribution in [1.82, 2.24) is 10.2 Å². The summed E-state index contributed by atoms with van der Waals surface area (Å²) in [6.07, 6.45) is 3.08. The van der Waals surface area contributed by atoms with Gasteiger partial charge in [-0.25, -0.2) is 0 Å². The molecule has 2 amide bonds. The fourth-order valence-electron chi connectivity index (χ4n) is 2.66. The van der Waals surface area contributed by atoms with Gasteiger partial charge in [-0.2, -0.15) is 0 Å². The number of rotatable bonds is 4. The van der Waals surface area contributed by atoms with Crippen molar-refractivity contribution in [3.05, 3.63) is 0 Å². The molecule has 5 heteroatoms. The number of ether oxygens (including phenoxy) is 1. The Morgan fingerprint density at radius 1 is 1.44 bits per heavy atom. The average Bonchev–Trinajstić information content (AvgIpc) is 2.27. The zero-order chi connectivity index (χ0) is 13.3. The molecule has 0 spiro atoms. The van der Waals surface area contributed by atoms with Gasteiger partial charge in [-0.15, -0.1) is 0 Å². The molecule has 2 rings (SSSR count). The van der Waals surface area contributed by atoms with E-state index in [9.17, 15) is 9.59 Å². The Labute approximate surface area is 108 Å². The predicted molar refractivity (Wildman–Crippen MR) is 66.9 cm³/mol. The summed E-state index contributed by atoms with van der Waals surface area (Å²) in [6.45, 7) is 4.59. The zero-order valence-corrected chi connectivity index (χ0v) is 11.4. The van der Waals surface area contributed by atoms with Gasteiger partial charge in [0.15, 0.2) is 0 Å². The van der Waals surface area contributed by atoms with Crippen molar-refractivity contribution < 1.29 is 14.3 Å². The van der Waals surface area contributed by atoms with Crippen LogP contribution >= 0.6 is 0 Å². The second kappa shape index (κ2) is 4.88. The molecule has 0 radical (unpaired) electrons. The van der Waals surface area contributed by atoms with Crippen LogP contribution in [0.15, 0.2) is 0 Å². The molecule has 1 heterocycles. The largest absolute Gasteiger partial charge is 0.376 e. The van der Waals surface area contributed by atoms with Crippen LogP contribution in [0.3, 0.4) is 0 Å². The Hall–Kier alpha value is -1.10. The number of amides is 2. The van der Waals surface area contributed by atoms with Crippen LogP contribution in [-0.2, 0) is 14.3 Å². The van der Waals surface area contributed by atoms with Gasteiger partial charge in [0.1, 0.15) is 6.04 Å². The minimum atomic E-state index is -0.389. The molecule has 0 bridgehead atoms. The van der Waals surface area contributed by atoms with Gasteiger partial charge >= 0.3 is 0 Å². The third kappa shape index (κ3) is 2.36. The molecule has 5 nitrogen and oxygen atoms in total. The minimum absolute atomic E-state index is 0.0212. The Balaban J connectivity index is 2.07. The Kier molecular flexibility index (Phi) is 3.61. The molecular formula is C13H22N2O3. The average molecular weight is 254 g/mol. The SMILES string of the molecule is COC1(CN2CC(=O)NC(C(C)C)C2=O)CCC1. The second-order valence-corrected chi connectivity index (χ2v) is 5.72. The summed E-state index contributed by atoms with van der Waals surface area (Å²) in [5.74, 6) is 0.0657. The highest BCUT2D eigenvalue weighted by atomic mass is 16.5. The summed E-state index contributed by atoms with van der Waals surface area (Å²) >= 11 is 0. The Morgan fingerprint density at radius 3 is 2.56 bits per heavy atom. The van der Waals surface area contributed by atoms with Gasteiger partial charge in [0.05, 0.1) is 18.7 Å². The molecule has 2 aliphatic rings. The highest BCUT2D eigenvalue weighted by molar-refractivity contribution is 5.95. The lowest BCUT2D eigenvalue weighted by Crippen LogP contribution is -2.63. The molecule has 1 aliphatic heterocycles. The zero-order valence-electron chi connectivity index (χ0n) is 11.4. The van der Waals surface area contributed by atoms with Crippen LogP contribution in [0.5, 0.6) is 0 Å². The molecule has 0 aromatic carbocycles. The van der Waals surface area contributed by atoms with Gasteiger partial charge in [0.2, 0.25) is 11.8 Å². The molecule has 0 aromatic heterocycles. The Morgan fingerprint density at radius 2 is 2.11 bits per heavy atom. The first-order valence-corrected chi connectivity index (χ1v) is 6.61. The maximum absolute atomic E-state index is 12.3. The van der Waals surface area contributed by atoms with E-state index in [2.05, 4.69) is 5.32 Å². The Bertz CT molecular complexity index is 345. The van der Waals surface area contributed by atoms with Gasteiger partial charge < -0.3 is 15.0 Å². The molecule has 2 fully saturated rings. The van der Waals surface area contributed by atoms with Crippen LogP contribution in [0, 0.1) is 5.92 Å². The van der Waals surface area contributed by atoms with Crippen LogP contribution in [0.2, 0.25) is 0 Å². The quantitative estimate of drug-likeness (QED) is 0.796. The van der Waals surface area contributed by atoms with Crippen LogP contribution < -0.4 is 5.32 Å². The van der Waals surface area contributed by atoms with E-state index < -0.39 is 0 Å². The number of hydrogen-bond donors (Lipinski definition) is 1. The first-order valence-electron chi connectivity index (χ1n) is 6.61. The summed E-state index contributed by atoms with van der Waals surface area (Å²) in [5.41, 5.74) is -0.213. The second-order valence-electron chi connectivity index (χ2n) is 5.72. The molecular weight excluding hydrogens is 232 g/mol. The molecule has 1 saturated carbocycles. The van der Waals surface area contributed by atoms with Gasteiger partial charge in [-0.1, -0.05) is 13.8 Å². The van der Waals surface area contributed by atoms with Crippen LogP contribution in [-0.4, -0.2) is 48.6 Å². The van der Waals surface area contributed by atoms with Crippen LogP contribution in [0.4, 0.5) is 0 Å². The number of hydrogen-bond acceptors (Lipinski definition) is 3. The maximum Gasteiger partial charge on any atom is 0.245 e. The number of nitrogens with zero attached hydrogens (tertiary/aromatic N) is 1. The highest BCUT2D eigenvalue weighted by Gasteiger charge is 2.43. The van der Waals surface area contributed by atoms with E-state index in [1.54, 1.807) is 12.0 Å². The predicted octanol–water partition coefficient (Wildman–Crippen LogP) is 0.538. The minimum Gasteiger partial charge on any atom is -0.376 e. The molecule has 1 atom stereocenters. The van der Waals surface area contributed by atoms with E-state index in [0.29, 0.717) is 6.54 Å². The van der Waals surface area contributed by atoms with Gasteiger partial charge in [-0.3, -0.25) is 9.59 Å². The molecule has 0 aromatic rings. The highest BCUT2D eigenvalue weighted by Crippen LogP contribution is 2.36. The van der Waals surface area contributed by atoms with Crippen LogP contribution in [0.25, 0.3) is 0 Å². The number of carbonyl (C=O) groups excluding carboxylic acids is 2. The lowest BCUT2D eigenvalue weighted by molar-refractivity contribution is -0.154. The number of nitrogens with one attached hydrogen (secondary N) is 1. The topological polar surface area (TPSA) is 58.6 Å². The standard InChI is InChI=1S/C13H22N2O3/c1-9(2)11-12(17)15(7-10(16)14-11)8-13(18-3)5-4-6-13/h9,11H,4-8H2,1-3H3,(H,14,16). The van der Waals surface area contributed by atoms with Gasteiger partial charge in [0, 0.05) is 7.11 Å². The fourth-order valence-corrected chi connectivity index (χ4v) is 2.66. The van der Waals surface area contributed by atoms with E-state index in [0.717, 1.165) is 19.3 Å². The lowest BCUT2D eigenvalue weighted by atomic mass is 9.79. The first kappa shape index (κ1) is 13.3. The van der Waals surface area contributed by atoms with E-state index in [4.69, 9.17) is 4.74 Å². The van der Waals surface area contributed by atoms with Crippen molar-refractivity contribution in [2.45, 2.75) is 44.8 Å². The lowest BCUT2D eigenvalue weighted by Gasteiger charge is -2.45. The van der Waals surface area contributed by atoms with E-state index in [1.165, 1.54) is 0 Å². The summed E-state index contributed by atoms with van der Waals surface area (Å²) in [4.78, 5) is 25.6. The van der Waals surface area contributed by atoms with Crippen molar-refractivity contribution in [3.63, 3.8) is 0 Å². The van der Waals surface area contributed by atoms with Crippen molar-refractivity contribution in [2.75, 3.05) is 20.2 Å².